The lowest BCUT2D eigenvalue weighted by Crippen LogP contribution is -2.25. The molecule has 3 heteroatoms. The second kappa shape index (κ2) is 4.87. The minimum atomic E-state index is 0.304. The SMILES string of the molecule is CC(C)Cc1nn(C)c2c1C(=O)CC(C(C)C)C2. The highest BCUT2D eigenvalue weighted by molar-refractivity contribution is 5.99. The Hall–Kier alpha value is -1.12. The molecule has 0 fully saturated rings. The van der Waals surface area contributed by atoms with Crippen molar-refractivity contribution in [3.05, 3.63) is 17.0 Å². The summed E-state index contributed by atoms with van der Waals surface area (Å²) in [6, 6.07) is 0. The van der Waals surface area contributed by atoms with Crippen LogP contribution >= 0.6 is 0 Å². The minimum absolute atomic E-state index is 0.304. The molecule has 0 spiro atoms. The van der Waals surface area contributed by atoms with Crippen molar-refractivity contribution in [1.29, 1.82) is 0 Å². The fourth-order valence-electron chi connectivity index (χ4n) is 2.84. The molecule has 1 aliphatic carbocycles. The van der Waals surface area contributed by atoms with Crippen LogP contribution in [0.15, 0.2) is 0 Å². The van der Waals surface area contributed by atoms with Crippen molar-refractivity contribution in [2.75, 3.05) is 0 Å². The Morgan fingerprint density at radius 1 is 1.28 bits per heavy atom. The molecule has 1 unspecified atom stereocenters. The molecule has 0 aromatic carbocycles. The van der Waals surface area contributed by atoms with Crippen molar-refractivity contribution >= 4 is 5.78 Å². The molecule has 1 aromatic rings. The van der Waals surface area contributed by atoms with E-state index in [0.29, 0.717) is 30.0 Å². The van der Waals surface area contributed by atoms with E-state index in [1.54, 1.807) is 0 Å². The Kier molecular flexibility index (Phi) is 3.60. The molecule has 1 aliphatic rings. The van der Waals surface area contributed by atoms with Gasteiger partial charge in [-0.05, 0) is 30.6 Å². The Morgan fingerprint density at radius 3 is 2.50 bits per heavy atom. The third-order valence-corrected chi connectivity index (χ3v) is 3.96. The summed E-state index contributed by atoms with van der Waals surface area (Å²) in [5.74, 6) is 1.89. The largest absolute Gasteiger partial charge is 0.294 e. The number of aromatic nitrogens is 2. The van der Waals surface area contributed by atoms with Crippen molar-refractivity contribution < 1.29 is 4.79 Å². The summed E-state index contributed by atoms with van der Waals surface area (Å²) in [5, 5.41) is 4.57. The van der Waals surface area contributed by atoms with E-state index < -0.39 is 0 Å². The Bertz CT molecular complexity index is 457. The Balaban J connectivity index is 2.38. The Morgan fingerprint density at radius 2 is 1.94 bits per heavy atom. The van der Waals surface area contributed by atoms with Crippen LogP contribution in [-0.4, -0.2) is 15.6 Å². The quantitative estimate of drug-likeness (QED) is 0.824. The number of nitrogens with zero attached hydrogens (tertiary/aromatic N) is 2. The number of fused-ring (bicyclic) bond motifs is 1. The third kappa shape index (κ3) is 2.36. The number of carbonyl (C=O) groups is 1. The van der Waals surface area contributed by atoms with Gasteiger partial charge in [-0.2, -0.15) is 5.10 Å². The number of ketones is 1. The number of rotatable bonds is 3. The molecular weight excluding hydrogens is 224 g/mol. The molecule has 2 rings (SSSR count). The van der Waals surface area contributed by atoms with Gasteiger partial charge in [0.05, 0.1) is 11.3 Å². The van der Waals surface area contributed by atoms with Gasteiger partial charge in [0.25, 0.3) is 0 Å². The average molecular weight is 248 g/mol. The predicted octanol–water partition coefficient (Wildman–Crippen LogP) is 3.02. The first-order chi connectivity index (χ1) is 8.40. The maximum Gasteiger partial charge on any atom is 0.166 e. The van der Waals surface area contributed by atoms with Crippen LogP contribution in [0, 0.1) is 17.8 Å². The molecule has 18 heavy (non-hydrogen) atoms. The van der Waals surface area contributed by atoms with Crippen molar-refractivity contribution in [3.63, 3.8) is 0 Å². The van der Waals surface area contributed by atoms with Crippen LogP contribution < -0.4 is 0 Å². The lowest BCUT2D eigenvalue weighted by atomic mass is 9.79. The van der Waals surface area contributed by atoms with Gasteiger partial charge in [-0.25, -0.2) is 0 Å². The fraction of sp³-hybridized carbons (Fsp3) is 0.733. The van der Waals surface area contributed by atoms with E-state index in [1.165, 1.54) is 0 Å². The number of aryl methyl sites for hydroxylation is 1. The first-order valence-corrected chi connectivity index (χ1v) is 6.98. The molecule has 1 aromatic heterocycles. The van der Waals surface area contributed by atoms with Crippen LogP contribution in [0.1, 0.15) is 55.9 Å². The highest BCUT2D eigenvalue weighted by atomic mass is 16.1. The van der Waals surface area contributed by atoms with E-state index in [9.17, 15) is 4.79 Å². The molecule has 100 valence electrons. The first kappa shape index (κ1) is 13.3. The summed E-state index contributed by atoms with van der Waals surface area (Å²) in [5.41, 5.74) is 3.10. The number of hydrogen-bond acceptors (Lipinski definition) is 2. The lowest BCUT2D eigenvalue weighted by Gasteiger charge is -2.25. The fourth-order valence-corrected chi connectivity index (χ4v) is 2.84. The molecule has 0 amide bonds. The maximum atomic E-state index is 12.4. The van der Waals surface area contributed by atoms with E-state index in [2.05, 4.69) is 32.8 Å². The van der Waals surface area contributed by atoms with Crippen LogP contribution in [-0.2, 0) is 19.9 Å². The van der Waals surface area contributed by atoms with Gasteiger partial charge < -0.3 is 0 Å². The molecule has 0 bridgehead atoms. The predicted molar refractivity (Wildman–Crippen MR) is 72.7 cm³/mol. The molecule has 0 aliphatic heterocycles. The van der Waals surface area contributed by atoms with Gasteiger partial charge in [-0.3, -0.25) is 9.48 Å². The normalized spacial score (nSPS) is 19.7. The van der Waals surface area contributed by atoms with Crippen molar-refractivity contribution in [2.24, 2.45) is 24.8 Å². The standard InChI is InChI=1S/C15H24N2O/c1-9(2)6-12-15-13(17(5)16-12)7-11(10(3)4)8-14(15)18/h9-11H,6-8H2,1-5H3. The van der Waals surface area contributed by atoms with Gasteiger partial charge in [0.2, 0.25) is 0 Å². The van der Waals surface area contributed by atoms with E-state index in [4.69, 9.17) is 0 Å². The van der Waals surface area contributed by atoms with Gasteiger partial charge in [0.1, 0.15) is 0 Å². The molecule has 0 saturated carbocycles. The maximum absolute atomic E-state index is 12.4. The topological polar surface area (TPSA) is 34.9 Å². The van der Waals surface area contributed by atoms with Gasteiger partial charge in [-0.1, -0.05) is 27.7 Å². The third-order valence-electron chi connectivity index (χ3n) is 3.96. The number of carbonyl (C=O) groups excluding carboxylic acids is 1. The summed E-state index contributed by atoms with van der Waals surface area (Å²) in [4.78, 5) is 12.4. The lowest BCUT2D eigenvalue weighted by molar-refractivity contribution is 0.0930. The zero-order valence-electron chi connectivity index (χ0n) is 12.2. The van der Waals surface area contributed by atoms with Crippen LogP contribution in [0.25, 0.3) is 0 Å². The summed E-state index contributed by atoms with van der Waals surface area (Å²) in [7, 11) is 1.97. The zero-order valence-corrected chi connectivity index (χ0v) is 12.2. The molecule has 0 saturated heterocycles. The van der Waals surface area contributed by atoms with Crippen molar-refractivity contribution in [3.8, 4) is 0 Å². The summed E-state index contributed by atoms with van der Waals surface area (Å²) < 4.78 is 1.93. The summed E-state index contributed by atoms with van der Waals surface area (Å²) in [6.45, 7) is 8.75. The zero-order chi connectivity index (χ0) is 13.4. The highest BCUT2D eigenvalue weighted by Gasteiger charge is 2.32. The highest BCUT2D eigenvalue weighted by Crippen LogP contribution is 2.32. The van der Waals surface area contributed by atoms with Gasteiger partial charge in [0, 0.05) is 19.2 Å². The number of Topliss-reactive ketones (excluding diaryl/α,β-unsaturated/α-hetero) is 1. The van der Waals surface area contributed by atoms with Gasteiger partial charge in [-0.15, -0.1) is 0 Å². The molecule has 1 atom stereocenters. The minimum Gasteiger partial charge on any atom is -0.294 e. The summed E-state index contributed by atoms with van der Waals surface area (Å²) in [6.07, 6.45) is 2.60. The molecule has 0 N–H and O–H groups in total. The van der Waals surface area contributed by atoms with E-state index >= 15 is 0 Å². The smallest absolute Gasteiger partial charge is 0.166 e. The summed E-state index contributed by atoms with van der Waals surface area (Å²) >= 11 is 0. The van der Waals surface area contributed by atoms with E-state index in [-0.39, 0.29) is 0 Å². The number of hydrogen-bond donors (Lipinski definition) is 0. The second-order valence-corrected chi connectivity index (χ2v) is 6.33. The first-order valence-electron chi connectivity index (χ1n) is 6.98. The van der Waals surface area contributed by atoms with Crippen LogP contribution in [0.5, 0.6) is 0 Å². The molecule has 1 heterocycles. The van der Waals surface area contributed by atoms with Crippen LogP contribution in [0.3, 0.4) is 0 Å². The van der Waals surface area contributed by atoms with Crippen molar-refractivity contribution in [2.45, 2.75) is 47.0 Å². The molecular formula is C15H24N2O. The van der Waals surface area contributed by atoms with Crippen LogP contribution in [0.4, 0.5) is 0 Å². The Labute approximate surface area is 110 Å². The molecule has 0 radical (unpaired) electrons. The van der Waals surface area contributed by atoms with Gasteiger partial charge >= 0.3 is 0 Å². The van der Waals surface area contributed by atoms with Gasteiger partial charge in [0.15, 0.2) is 5.78 Å². The van der Waals surface area contributed by atoms with E-state index in [0.717, 1.165) is 29.8 Å². The monoisotopic (exact) mass is 248 g/mol. The van der Waals surface area contributed by atoms with E-state index in [1.807, 2.05) is 11.7 Å². The second-order valence-electron chi connectivity index (χ2n) is 6.33. The van der Waals surface area contributed by atoms with Crippen molar-refractivity contribution in [1.82, 2.24) is 9.78 Å². The van der Waals surface area contributed by atoms with Crippen LogP contribution in [0.2, 0.25) is 0 Å². The molecule has 3 nitrogen and oxygen atoms in total. The average Bonchev–Trinajstić information content (AvgIpc) is 2.55.